The van der Waals surface area contributed by atoms with E-state index in [9.17, 15) is 0 Å². The number of fused-ring (bicyclic) bond motifs is 2. The summed E-state index contributed by atoms with van der Waals surface area (Å²) in [6.07, 6.45) is 10.6. The molecule has 2 bridgehead atoms. The van der Waals surface area contributed by atoms with Gasteiger partial charge in [0.05, 0.1) is 0 Å². The van der Waals surface area contributed by atoms with E-state index in [0.717, 1.165) is 59.2 Å². The standard InChI is InChI=1S/C13H24.C12H24.2C2H6/c1-8(2)12-10-5-6-11(7-10)13(12)9(3)4;1-9(2)11-7-5-6-8-12(11)10(3)4;2*1-2/h8-13H,5-7H2,1-4H3;9-12H,5-8H2,1-4H3;2*1-2H3. The second-order valence-corrected chi connectivity index (χ2v) is 11.1. The van der Waals surface area contributed by atoms with E-state index in [1.165, 1.54) is 38.5 Å². The molecule has 0 aliphatic heterocycles. The first kappa shape index (κ1) is 29.0. The lowest BCUT2D eigenvalue weighted by atomic mass is 9.69. The zero-order valence-electron chi connectivity index (χ0n) is 22.7. The molecule has 6 atom stereocenters. The van der Waals surface area contributed by atoms with Crippen LogP contribution in [-0.4, -0.2) is 0 Å². The van der Waals surface area contributed by atoms with Crippen LogP contribution in [0.15, 0.2) is 0 Å². The predicted octanol–water partition coefficient (Wildman–Crippen LogP) is 10.1. The molecule has 3 aliphatic rings. The van der Waals surface area contributed by atoms with Crippen molar-refractivity contribution in [1.82, 2.24) is 0 Å². The smallest absolute Gasteiger partial charge is 0.0329 e. The molecule has 176 valence electrons. The summed E-state index contributed by atoms with van der Waals surface area (Å²) in [5.74, 6) is 9.96. The number of hydrogen-bond donors (Lipinski definition) is 0. The van der Waals surface area contributed by atoms with Gasteiger partial charge >= 0.3 is 0 Å². The van der Waals surface area contributed by atoms with Crippen molar-refractivity contribution in [2.24, 2.45) is 59.2 Å². The molecule has 0 heteroatoms. The van der Waals surface area contributed by atoms with E-state index in [1.807, 2.05) is 27.7 Å². The molecule has 0 nitrogen and oxygen atoms in total. The van der Waals surface area contributed by atoms with Gasteiger partial charge in [0.15, 0.2) is 0 Å². The summed E-state index contributed by atoms with van der Waals surface area (Å²) in [6, 6.07) is 0. The molecule has 0 radical (unpaired) electrons. The molecule has 0 amide bonds. The maximum absolute atomic E-state index is 2.43. The van der Waals surface area contributed by atoms with Crippen LogP contribution in [0.3, 0.4) is 0 Å². The topological polar surface area (TPSA) is 0 Å². The molecule has 0 saturated heterocycles. The molecule has 6 unspecified atom stereocenters. The van der Waals surface area contributed by atoms with Gasteiger partial charge in [-0.05, 0) is 91.3 Å². The molecular formula is C29H60. The molecule has 3 rings (SSSR count). The quantitative estimate of drug-likeness (QED) is 0.434. The Bertz CT molecular complexity index is 341. The average molecular weight is 409 g/mol. The van der Waals surface area contributed by atoms with Crippen molar-refractivity contribution in [3.63, 3.8) is 0 Å². The van der Waals surface area contributed by atoms with Gasteiger partial charge in [0.1, 0.15) is 0 Å². The zero-order valence-corrected chi connectivity index (χ0v) is 22.7. The van der Waals surface area contributed by atoms with Crippen molar-refractivity contribution in [1.29, 1.82) is 0 Å². The van der Waals surface area contributed by atoms with E-state index in [0.29, 0.717) is 0 Å². The van der Waals surface area contributed by atoms with Crippen molar-refractivity contribution in [3.8, 4) is 0 Å². The van der Waals surface area contributed by atoms with Gasteiger partial charge in [0.2, 0.25) is 0 Å². The van der Waals surface area contributed by atoms with E-state index < -0.39 is 0 Å². The third kappa shape index (κ3) is 8.22. The third-order valence-electron chi connectivity index (χ3n) is 8.17. The monoisotopic (exact) mass is 408 g/mol. The molecule has 0 aromatic rings. The van der Waals surface area contributed by atoms with Gasteiger partial charge in [-0.3, -0.25) is 0 Å². The SMILES string of the molecule is CC.CC.CC(C)C1C2CCC(C2)C1C(C)C.CC(C)C1CCCCC1C(C)C. The average Bonchev–Trinajstić information content (AvgIpc) is 3.33. The van der Waals surface area contributed by atoms with Crippen LogP contribution >= 0.6 is 0 Å². The van der Waals surface area contributed by atoms with Crippen molar-refractivity contribution in [3.05, 3.63) is 0 Å². The molecule has 0 aromatic carbocycles. The van der Waals surface area contributed by atoms with Gasteiger partial charge in [0.25, 0.3) is 0 Å². The molecule has 0 N–H and O–H groups in total. The van der Waals surface area contributed by atoms with E-state index >= 15 is 0 Å². The summed E-state index contributed by atoms with van der Waals surface area (Å²) in [7, 11) is 0. The maximum Gasteiger partial charge on any atom is -0.0329 e. The van der Waals surface area contributed by atoms with Crippen LogP contribution in [0.2, 0.25) is 0 Å². The zero-order chi connectivity index (χ0) is 22.7. The summed E-state index contributed by atoms with van der Waals surface area (Å²) in [5.41, 5.74) is 0. The fourth-order valence-electron chi connectivity index (χ4n) is 7.20. The Morgan fingerprint density at radius 1 is 0.448 bits per heavy atom. The second kappa shape index (κ2) is 14.9. The fraction of sp³-hybridized carbons (Fsp3) is 1.00. The Labute approximate surface area is 187 Å². The van der Waals surface area contributed by atoms with Crippen molar-refractivity contribution >= 4 is 0 Å². The largest absolute Gasteiger partial charge is 0.0683 e. The lowest BCUT2D eigenvalue weighted by Crippen LogP contribution is -2.30. The lowest BCUT2D eigenvalue weighted by molar-refractivity contribution is 0.124. The van der Waals surface area contributed by atoms with Crippen LogP contribution in [0, 0.1) is 59.2 Å². The molecule has 0 spiro atoms. The van der Waals surface area contributed by atoms with E-state index in [4.69, 9.17) is 0 Å². The number of rotatable bonds is 4. The summed E-state index contributed by atoms with van der Waals surface area (Å²) in [5, 5.41) is 0. The minimum atomic E-state index is 0.901. The van der Waals surface area contributed by atoms with E-state index in [2.05, 4.69) is 55.4 Å². The van der Waals surface area contributed by atoms with Crippen LogP contribution in [-0.2, 0) is 0 Å². The van der Waals surface area contributed by atoms with E-state index in [-0.39, 0.29) is 0 Å². The molecular weight excluding hydrogens is 348 g/mol. The second-order valence-electron chi connectivity index (χ2n) is 11.1. The highest BCUT2D eigenvalue weighted by atomic mass is 14.5. The Morgan fingerprint density at radius 3 is 1.00 bits per heavy atom. The number of hydrogen-bond acceptors (Lipinski definition) is 0. The highest BCUT2D eigenvalue weighted by molar-refractivity contribution is 4.98. The minimum absolute atomic E-state index is 0.901. The first-order valence-electron chi connectivity index (χ1n) is 13.7. The molecule has 0 aromatic heterocycles. The van der Waals surface area contributed by atoms with Crippen molar-refractivity contribution in [2.45, 2.75) is 128 Å². The normalized spacial score (nSPS) is 33.1. The van der Waals surface area contributed by atoms with Gasteiger partial charge in [-0.25, -0.2) is 0 Å². The van der Waals surface area contributed by atoms with Gasteiger partial charge in [-0.2, -0.15) is 0 Å². The highest BCUT2D eigenvalue weighted by Gasteiger charge is 2.49. The predicted molar refractivity (Wildman–Crippen MR) is 135 cm³/mol. The van der Waals surface area contributed by atoms with Crippen LogP contribution < -0.4 is 0 Å². The Hall–Kier alpha value is 0. The third-order valence-corrected chi connectivity index (χ3v) is 8.17. The molecule has 3 saturated carbocycles. The molecule has 0 heterocycles. The van der Waals surface area contributed by atoms with Gasteiger partial charge in [-0.15, -0.1) is 0 Å². The van der Waals surface area contributed by atoms with Crippen molar-refractivity contribution < 1.29 is 0 Å². The van der Waals surface area contributed by atoms with Crippen LogP contribution in [0.25, 0.3) is 0 Å². The maximum atomic E-state index is 2.43. The van der Waals surface area contributed by atoms with Gasteiger partial charge in [-0.1, -0.05) is 95.9 Å². The first-order valence-corrected chi connectivity index (χ1v) is 13.7. The summed E-state index contributed by atoms with van der Waals surface area (Å²) in [6.45, 7) is 27.3. The lowest BCUT2D eigenvalue weighted by Gasteiger charge is -2.37. The Morgan fingerprint density at radius 2 is 0.759 bits per heavy atom. The molecule has 29 heavy (non-hydrogen) atoms. The Kier molecular flexibility index (Phi) is 14.9. The Balaban J connectivity index is 0.000000463. The highest BCUT2D eigenvalue weighted by Crippen LogP contribution is 2.57. The van der Waals surface area contributed by atoms with Gasteiger partial charge < -0.3 is 0 Å². The molecule has 3 fully saturated rings. The molecule has 3 aliphatic carbocycles. The van der Waals surface area contributed by atoms with Gasteiger partial charge in [0, 0.05) is 0 Å². The fourth-order valence-corrected chi connectivity index (χ4v) is 7.20. The summed E-state index contributed by atoms with van der Waals surface area (Å²) >= 11 is 0. The van der Waals surface area contributed by atoms with E-state index in [1.54, 1.807) is 6.42 Å². The first-order chi connectivity index (χ1) is 13.7. The summed E-state index contributed by atoms with van der Waals surface area (Å²) in [4.78, 5) is 0. The minimum Gasteiger partial charge on any atom is -0.0683 e. The summed E-state index contributed by atoms with van der Waals surface area (Å²) < 4.78 is 0. The van der Waals surface area contributed by atoms with Crippen LogP contribution in [0.5, 0.6) is 0 Å². The van der Waals surface area contributed by atoms with Crippen LogP contribution in [0.4, 0.5) is 0 Å². The van der Waals surface area contributed by atoms with Crippen LogP contribution in [0.1, 0.15) is 128 Å². The van der Waals surface area contributed by atoms with Crippen molar-refractivity contribution in [2.75, 3.05) is 0 Å².